The van der Waals surface area contributed by atoms with Crippen LogP contribution in [0.25, 0.3) is 11.1 Å². The van der Waals surface area contributed by atoms with E-state index in [1.54, 1.807) is 19.5 Å². The van der Waals surface area contributed by atoms with Gasteiger partial charge in [0.1, 0.15) is 18.1 Å². The number of hydrogen-bond acceptors (Lipinski definition) is 4. The summed E-state index contributed by atoms with van der Waals surface area (Å²) in [7, 11) is 1.61. The molecule has 1 heterocycles. The lowest BCUT2D eigenvalue weighted by Crippen LogP contribution is -1.97. The lowest BCUT2D eigenvalue weighted by atomic mass is 10.0. The van der Waals surface area contributed by atoms with Crippen molar-refractivity contribution < 1.29 is 14.6 Å². The predicted molar refractivity (Wildman–Crippen MR) is 92.9 cm³/mol. The number of methoxy groups -OCH3 is 1. The first-order valence-electron chi connectivity index (χ1n) is 7.70. The van der Waals surface area contributed by atoms with Gasteiger partial charge in [0, 0.05) is 11.8 Å². The van der Waals surface area contributed by atoms with Crippen molar-refractivity contribution in [1.82, 2.24) is 4.98 Å². The molecule has 24 heavy (non-hydrogen) atoms. The summed E-state index contributed by atoms with van der Waals surface area (Å²) in [4.78, 5) is 4.17. The van der Waals surface area contributed by atoms with Crippen LogP contribution in [0.2, 0.25) is 0 Å². The number of aliphatic hydroxyl groups excluding tert-OH is 1. The van der Waals surface area contributed by atoms with Crippen LogP contribution in [0.5, 0.6) is 11.5 Å². The van der Waals surface area contributed by atoms with Crippen LogP contribution >= 0.6 is 0 Å². The molecular weight excluding hydrogens is 302 g/mol. The first-order chi connectivity index (χ1) is 11.8. The summed E-state index contributed by atoms with van der Waals surface area (Å²) in [5.41, 5.74) is 3.70. The fourth-order valence-corrected chi connectivity index (χ4v) is 2.49. The molecule has 0 amide bonds. The van der Waals surface area contributed by atoms with Gasteiger partial charge < -0.3 is 14.6 Å². The summed E-state index contributed by atoms with van der Waals surface area (Å²) < 4.78 is 11.0. The van der Waals surface area contributed by atoms with Gasteiger partial charge in [0.15, 0.2) is 0 Å². The van der Waals surface area contributed by atoms with E-state index in [0.717, 1.165) is 28.0 Å². The van der Waals surface area contributed by atoms with E-state index in [4.69, 9.17) is 9.47 Å². The largest absolute Gasteiger partial charge is 0.495 e. The zero-order chi connectivity index (χ0) is 16.8. The third-order valence-electron chi connectivity index (χ3n) is 3.76. The zero-order valence-electron chi connectivity index (χ0n) is 13.5. The highest BCUT2D eigenvalue weighted by Crippen LogP contribution is 2.29. The fraction of sp³-hybridized carbons (Fsp3) is 0.150. The molecule has 0 saturated carbocycles. The van der Waals surface area contributed by atoms with Gasteiger partial charge in [0.05, 0.1) is 19.9 Å². The molecule has 4 heteroatoms. The van der Waals surface area contributed by atoms with Crippen LogP contribution < -0.4 is 9.47 Å². The molecule has 0 radical (unpaired) electrons. The van der Waals surface area contributed by atoms with Crippen molar-refractivity contribution in [2.45, 2.75) is 13.2 Å². The minimum absolute atomic E-state index is 0.0743. The highest BCUT2D eigenvalue weighted by Gasteiger charge is 2.08. The van der Waals surface area contributed by atoms with Crippen LogP contribution in [0.4, 0.5) is 0 Å². The van der Waals surface area contributed by atoms with Gasteiger partial charge in [-0.2, -0.15) is 0 Å². The minimum Gasteiger partial charge on any atom is -0.495 e. The van der Waals surface area contributed by atoms with Crippen LogP contribution in [0, 0.1) is 0 Å². The Kier molecular flexibility index (Phi) is 5.08. The topological polar surface area (TPSA) is 51.6 Å². The van der Waals surface area contributed by atoms with E-state index in [1.165, 1.54) is 0 Å². The molecule has 1 aromatic heterocycles. The van der Waals surface area contributed by atoms with Gasteiger partial charge in [0.25, 0.3) is 0 Å². The predicted octanol–water partition coefficient (Wildman–Crippen LogP) is 3.83. The SMILES string of the molecule is COc1cncc(-c2ccc(OCc3ccccc3)cc2CO)c1. The van der Waals surface area contributed by atoms with Gasteiger partial charge in [-0.25, -0.2) is 0 Å². The van der Waals surface area contributed by atoms with Crippen molar-refractivity contribution in [2.24, 2.45) is 0 Å². The Morgan fingerprint density at radius 3 is 2.54 bits per heavy atom. The molecule has 0 spiro atoms. The summed E-state index contributed by atoms with van der Waals surface area (Å²) in [5, 5.41) is 9.71. The fourth-order valence-electron chi connectivity index (χ4n) is 2.49. The molecule has 0 aliphatic heterocycles. The molecule has 0 fully saturated rings. The summed E-state index contributed by atoms with van der Waals surface area (Å²) in [6, 6.07) is 17.6. The van der Waals surface area contributed by atoms with Crippen molar-refractivity contribution in [3.05, 3.63) is 78.1 Å². The van der Waals surface area contributed by atoms with Crippen molar-refractivity contribution >= 4 is 0 Å². The van der Waals surface area contributed by atoms with Crippen molar-refractivity contribution in [2.75, 3.05) is 7.11 Å². The molecule has 2 aromatic carbocycles. The van der Waals surface area contributed by atoms with E-state index in [-0.39, 0.29) is 6.61 Å². The Morgan fingerprint density at radius 1 is 0.958 bits per heavy atom. The number of nitrogens with zero attached hydrogens (tertiary/aromatic N) is 1. The number of aromatic nitrogens is 1. The highest BCUT2D eigenvalue weighted by atomic mass is 16.5. The third-order valence-corrected chi connectivity index (χ3v) is 3.76. The maximum Gasteiger partial charge on any atom is 0.137 e. The van der Waals surface area contributed by atoms with Crippen molar-refractivity contribution in [3.8, 4) is 22.6 Å². The highest BCUT2D eigenvalue weighted by molar-refractivity contribution is 5.68. The normalized spacial score (nSPS) is 10.4. The number of rotatable bonds is 6. The molecule has 0 unspecified atom stereocenters. The number of pyridine rings is 1. The van der Waals surface area contributed by atoms with E-state index in [9.17, 15) is 5.11 Å². The van der Waals surface area contributed by atoms with E-state index < -0.39 is 0 Å². The molecule has 3 rings (SSSR count). The second-order valence-corrected chi connectivity index (χ2v) is 5.36. The molecular formula is C20H19NO3. The van der Waals surface area contributed by atoms with Gasteiger partial charge in [-0.3, -0.25) is 4.98 Å². The van der Waals surface area contributed by atoms with Gasteiger partial charge in [-0.05, 0) is 34.9 Å². The lowest BCUT2D eigenvalue weighted by Gasteiger charge is -2.12. The number of benzene rings is 2. The van der Waals surface area contributed by atoms with E-state index in [2.05, 4.69) is 4.98 Å². The Hall–Kier alpha value is -2.85. The molecule has 122 valence electrons. The summed E-state index contributed by atoms with van der Waals surface area (Å²) >= 11 is 0. The van der Waals surface area contributed by atoms with Gasteiger partial charge in [-0.15, -0.1) is 0 Å². The smallest absolute Gasteiger partial charge is 0.137 e. The Bertz CT molecular complexity index is 803. The van der Waals surface area contributed by atoms with Crippen LogP contribution in [0.3, 0.4) is 0 Å². The standard InChI is InChI=1S/C20H19NO3/c1-23-19-9-16(11-21-12-19)20-8-7-18(10-17(20)13-22)24-14-15-5-3-2-4-6-15/h2-12,22H,13-14H2,1H3. The zero-order valence-corrected chi connectivity index (χ0v) is 13.5. The quantitative estimate of drug-likeness (QED) is 0.750. The summed E-state index contributed by atoms with van der Waals surface area (Å²) in [5.74, 6) is 1.41. The van der Waals surface area contributed by atoms with E-state index >= 15 is 0 Å². The van der Waals surface area contributed by atoms with Crippen LogP contribution in [-0.4, -0.2) is 17.2 Å². The average molecular weight is 321 g/mol. The van der Waals surface area contributed by atoms with Crippen molar-refractivity contribution in [1.29, 1.82) is 0 Å². The average Bonchev–Trinajstić information content (AvgIpc) is 2.67. The summed E-state index contributed by atoms with van der Waals surface area (Å²) in [6.07, 6.45) is 3.40. The molecule has 0 bridgehead atoms. The second kappa shape index (κ2) is 7.62. The van der Waals surface area contributed by atoms with E-state index in [0.29, 0.717) is 12.4 Å². The van der Waals surface area contributed by atoms with Crippen LogP contribution in [0.15, 0.2) is 67.0 Å². The lowest BCUT2D eigenvalue weighted by molar-refractivity contribution is 0.278. The second-order valence-electron chi connectivity index (χ2n) is 5.36. The first-order valence-corrected chi connectivity index (χ1v) is 7.70. The minimum atomic E-state index is -0.0743. The number of ether oxygens (including phenoxy) is 2. The summed E-state index contributed by atoms with van der Waals surface area (Å²) in [6.45, 7) is 0.418. The molecule has 4 nitrogen and oxygen atoms in total. The number of hydrogen-bond donors (Lipinski definition) is 1. The van der Waals surface area contributed by atoms with Gasteiger partial charge >= 0.3 is 0 Å². The monoisotopic (exact) mass is 321 g/mol. The molecule has 0 saturated heterocycles. The molecule has 0 atom stereocenters. The maximum absolute atomic E-state index is 9.71. The molecule has 1 N–H and O–H groups in total. The third kappa shape index (κ3) is 3.73. The van der Waals surface area contributed by atoms with Crippen LogP contribution in [0.1, 0.15) is 11.1 Å². The maximum atomic E-state index is 9.71. The molecule has 0 aliphatic carbocycles. The Balaban J connectivity index is 1.82. The molecule has 0 aliphatic rings. The Morgan fingerprint density at radius 2 is 1.79 bits per heavy atom. The molecule has 3 aromatic rings. The van der Waals surface area contributed by atoms with E-state index in [1.807, 2.05) is 54.6 Å². The van der Waals surface area contributed by atoms with Gasteiger partial charge in [0.2, 0.25) is 0 Å². The first kappa shape index (κ1) is 16.0. The van der Waals surface area contributed by atoms with Crippen LogP contribution in [-0.2, 0) is 13.2 Å². The van der Waals surface area contributed by atoms with Gasteiger partial charge in [-0.1, -0.05) is 36.4 Å². The number of aliphatic hydroxyl groups is 1. The van der Waals surface area contributed by atoms with Crippen molar-refractivity contribution in [3.63, 3.8) is 0 Å². The Labute approximate surface area is 141 Å².